The summed E-state index contributed by atoms with van der Waals surface area (Å²) in [6.07, 6.45) is 10.6. The molecule has 182 valence electrons. The van der Waals surface area contributed by atoms with Gasteiger partial charge < -0.3 is 19.5 Å². The molecule has 1 aliphatic heterocycles. The SMILES string of the molecule is Cc1ccc([C@@H]2[C@@H](c3ccccn3)NC(=S)N2c2ccc(OC3CCCC3)cc2)n1-c1cccnc1. The highest BCUT2D eigenvalue weighted by atomic mass is 32.1. The van der Waals surface area contributed by atoms with Gasteiger partial charge in [0.25, 0.3) is 0 Å². The van der Waals surface area contributed by atoms with Crippen LogP contribution in [0.1, 0.15) is 54.8 Å². The Hall–Kier alpha value is -3.71. The van der Waals surface area contributed by atoms with Crippen molar-refractivity contribution in [1.82, 2.24) is 19.9 Å². The number of hydrogen-bond acceptors (Lipinski definition) is 4. The van der Waals surface area contributed by atoms with Gasteiger partial charge in [0.1, 0.15) is 11.8 Å². The van der Waals surface area contributed by atoms with Crippen LogP contribution in [0.4, 0.5) is 5.69 Å². The van der Waals surface area contributed by atoms with Gasteiger partial charge in [0.2, 0.25) is 0 Å². The third-order valence-corrected chi connectivity index (χ3v) is 7.45. The lowest BCUT2D eigenvalue weighted by Gasteiger charge is -2.29. The van der Waals surface area contributed by atoms with Crippen LogP contribution in [0.5, 0.6) is 5.75 Å². The van der Waals surface area contributed by atoms with Crippen molar-refractivity contribution < 1.29 is 4.74 Å². The largest absolute Gasteiger partial charge is 0.490 e. The number of aromatic nitrogens is 3. The molecule has 1 aliphatic carbocycles. The van der Waals surface area contributed by atoms with Crippen LogP contribution in [0, 0.1) is 6.92 Å². The lowest BCUT2D eigenvalue weighted by Crippen LogP contribution is -2.30. The van der Waals surface area contributed by atoms with Gasteiger partial charge in [-0.05, 0) is 105 Å². The van der Waals surface area contributed by atoms with Crippen molar-refractivity contribution in [3.05, 3.63) is 102 Å². The zero-order valence-electron chi connectivity index (χ0n) is 20.2. The number of hydrogen-bond donors (Lipinski definition) is 1. The lowest BCUT2D eigenvalue weighted by molar-refractivity contribution is 0.210. The van der Waals surface area contributed by atoms with Crippen LogP contribution in [0.3, 0.4) is 0 Å². The minimum Gasteiger partial charge on any atom is -0.490 e. The predicted molar refractivity (Wildman–Crippen MR) is 146 cm³/mol. The first kappa shape index (κ1) is 22.7. The molecule has 4 aromatic rings. The summed E-state index contributed by atoms with van der Waals surface area (Å²) < 4.78 is 8.47. The number of nitrogens with zero attached hydrogens (tertiary/aromatic N) is 4. The van der Waals surface area contributed by atoms with Gasteiger partial charge in [0.15, 0.2) is 5.11 Å². The van der Waals surface area contributed by atoms with Gasteiger partial charge in [-0.25, -0.2) is 0 Å². The Kier molecular flexibility index (Phi) is 6.15. The quantitative estimate of drug-likeness (QED) is 0.328. The number of ether oxygens (including phenoxy) is 1. The molecule has 1 aromatic carbocycles. The topological polar surface area (TPSA) is 55.2 Å². The zero-order valence-corrected chi connectivity index (χ0v) is 21.1. The van der Waals surface area contributed by atoms with E-state index in [1.54, 1.807) is 6.20 Å². The average molecular weight is 496 g/mol. The maximum Gasteiger partial charge on any atom is 0.174 e. The second kappa shape index (κ2) is 9.74. The van der Waals surface area contributed by atoms with Crippen LogP contribution in [0.15, 0.2) is 85.3 Å². The smallest absolute Gasteiger partial charge is 0.174 e. The molecule has 1 N–H and O–H groups in total. The van der Waals surface area contributed by atoms with Gasteiger partial charge in [-0.2, -0.15) is 0 Å². The molecule has 0 amide bonds. The van der Waals surface area contributed by atoms with E-state index < -0.39 is 0 Å². The Labute approximate surface area is 217 Å². The molecule has 0 spiro atoms. The number of aryl methyl sites for hydroxylation is 1. The molecule has 1 saturated carbocycles. The number of anilines is 1. The highest BCUT2D eigenvalue weighted by Gasteiger charge is 2.42. The van der Waals surface area contributed by atoms with Crippen molar-refractivity contribution in [3.63, 3.8) is 0 Å². The first-order chi connectivity index (χ1) is 17.7. The maximum absolute atomic E-state index is 6.21. The van der Waals surface area contributed by atoms with Gasteiger partial charge in [-0.1, -0.05) is 6.07 Å². The third kappa shape index (κ3) is 4.24. The number of pyridine rings is 2. The third-order valence-electron chi connectivity index (χ3n) is 7.13. The monoisotopic (exact) mass is 495 g/mol. The fourth-order valence-corrected chi connectivity index (χ4v) is 5.79. The molecule has 6 rings (SSSR count). The van der Waals surface area contributed by atoms with Crippen molar-refractivity contribution >= 4 is 23.0 Å². The number of nitrogens with one attached hydrogen (secondary N) is 1. The molecule has 4 heterocycles. The van der Waals surface area contributed by atoms with Gasteiger partial charge >= 0.3 is 0 Å². The van der Waals surface area contributed by atoms with Crippen molar-refractivity contribution in [3.8, 4) is 11.4 Å². The van der Waals surface area contributed by atoms with Crippen molar-refractivity contribution in [2.45, 2.75) is 50.8 Å². The first-order valence-electron chi connectivity index (χ1n) is 12.5. The molecule has 0 bridgehead atoms. The summed E-state index contributed by atoms with van der Waals surface area (Å²) in [6.45, 7) is 2.12. The Morgan fingerprint density at radius 3 is 2.47 bits per heavy atom. The predicted octanol–water partition coefficient (Wildman–Crippen LogP) is 6.07. The summed E-state index contributed by atoms with van der Waals surface area (Å²) in [5, 5.41) is 4.24. The average Bonchev–Trinajstić information content (AvgIpc) is 3.64. The fraction of sp³-hybridized carbons (Fsp3) is 0.276. The van der Waals surface area contributed by atoms with Crippen molar-refractivity contribution in [1.29, 1.82) is 0 Å². The van der Waals surface area contributed by atoms with Gasteiger partial charge in [-0.3, -0.25) is 9.97 Å². The van der Waals surface area contributed by atoms with E-state index in [4.69, 9.17) is 17.0 Å². The summed E-state index contributed by atoms with van der Waals surface area (Å²) in [7, 11) is 0. The summed E-state index contributed by atoms with van der Waals surface area (Å²) in [6, 6.07) is 22.5. The first-order valence-corrected chi connectivity index (χ1v) is 13.0. The van der Waals surface area contributed by atoms with Crippen LogP contribution < -0.4 is 15.0 Å². The highest BCUT2D eigenvalue weighted by Crippen LogP contribution is 2.43. The molecule has 3 aromatic heterocycles. The van der Waals surface area contributed by atoms with Crippen LogP contribution in [-0.2, 0) is 0 Å². The van der Waals surface area contributed by atoms with Crippen molar-refractivity contribution in [2.75, 3.05) is 4.90 Å². The van der Waals surface area contributed by atoms with E-state index in [1.807, 2.05) is 30.6 Å². The Morgan fingerprint density at radius 1 is 0.917 bits per heavy atom. The fourth-order valence-electron chi connectivity index (χ4n) is 5.45. The van der Waals surface area contributed by atoms with Crippen LogP contribution in [-0.4, -0.2) is 25.8 Å². The number of benzene rings is 1. The van der Waals surface area contributed by atoms with E-state index in [2.05, 4.69) is 80.2 Å². The van der Waals surface area contributed by atoms with Crippen LogP contribution >= 0.6 is 12.2 Å². The second-order valence-electron chi connectivity index (χ2n) is 9.46. The number of thiocarbonyl (C=S) groups is 1. The minimum absolute atomic E-state index is 0.108. The Bertz CT molecular complexity index is 1330. The Balaban J connectivity index is 1.41. The summed E-state index contributed by atoms with van der Waals surface area (Å²) in [4.78, 5) is 11.3. The standard InChI is InChI=1S/C29H29N5OS/c1-20-11-16-26(33(20)22-7-6-17-30-19-22)28-27(25-10-4-5-18-31-25)32-29(36)34(28)21-12-14-24(15-13-21)35-23-8-2-3-9-23/h4-7,10-19,23,27-28H,2-3,8-9H2,1H3,(H,32,36)/t27-,28-/m1/s1. The van der Waals surface area contributed by atoms with E-state index in [9.17, 15) is 0 Å². The van der Waals surface area contributed by atoms with Gasteiger partial charge in [0.05, 0.1) is 29.7 Å². The molecular formula is C29H29N5OS. The summed E-state index contributed by atoms with van der Waals surface area (Å²) in [5.41, 5.74) is 5.25. The summed E-state index contributed by atoms with van der Waals surface area (Å²) in [5.74, 6) is 0.913. The minimum atomic E-state index is -0.113. The van der Waals surface area contributed by atoms with E-state index in [-0.39, 0.29) is 12.1 Å². The maximum atomic E-state index is 6.21. The molecule has 1 saturated heterocycles. The van der Waals surface area contributed by atoms with Gasteiger partial charge in [0, 0.05) is 29.5 Å². The van der Waals surface area contributed by atoms with E-state index in [1.165, 1.54) is 12.8 Å². The summed E-state index contributed by atoms with van der Waals surface area (Å²) >= 11 is 5.93. The molecule has 0 unspecified atom stereocenters. The molecule has 2 atom stereocenters. The van der Waals surface area contributed by atoms with Crippen LogP contribution in [0.25, 0.3) is 5.69 Å². The molecule has 6 nitrogen and oxygen atoms in total. The van der Waals surface area contributed by atoms with E-state index >= 15 is 0 Å². The number of rotatable bonds is 6. The Morgan fingerprint density at radius 2 is 1.75 bits per heavy atom. The van der Waals surface area contributed by atoms with Crippen molar-refractivity contribution in [2.24, 2.45) is 0 Å². The highest BCUT2D eigenvalue weighted by molar-refractivity contribution is 7.80. The van der Waals surface area contributed by atoms with Crippen LogP contribution in [0.2, 0.25) is 0 Å². The molecule has 36 heavy (non-hydrogen) atoms. The normalized spacial score (nSPS) is 20.0. The second-order valence-corrected chi connectivity index (χ2v) is 9.85. The molecule has 2 aliphatic rings. The lowest BCUT2D eigenvalue weighted by atomic mass is 10.0. The van der Waals surface area contributed by atoms with E-state index in [0.717, 1.165) is 47.0 Å². The molecular weight excluding hydrogens is 466 g/mol. The molecule has 0 radical (unpaired) electrons. The van der Waals surface area contributed by atoms with Gasteiger partial charge in [-0.15, -0.1) is 0 Å². The van der Waals surface area contributed by atoms with E-state index in [0.29, 0.717) is 11.2 Å². The molecule has 7 heteroatoms. The molecule has 2 fully saturated rings. The zero-order chi connectivity index (χ0) is 24.5.